The van der Waals surface area contributed by atoms with E-state index >= 15 is 0 Å². The molecule has 2 aromatic rings. The predicted octanol–water partition coefficient (Wildman–Crippen LogP) is 4.79. The van der Waals surface area contributed by atoms with Gasteiger partial charge in [0.25, 0.3) is 0 Å². The van der Waals surface area contributed by atoms with Crippen molar-refractivity contribution in [3.8, 4) is 11.8 Å². The molecular weight excluding hydrogens is 530 g/mol. The van der Waals surface area contributed by atoms with Crippen LogP contribution in [0.3, 0.4) is 0 Å². The average Bonchev–Trinajstić information content (AvgIpc) is 3.23. The molecule has 0 amide bonds. The lowest BCUT2D eigenvalue weighted by Gasteiger charge is -2.20. The molecule has 0 saturated carbocycles. The zero-order valence-electron chi connectivity index (χ0n) is 17.9. The highest BCUT2D eigenvalue weighted by atomic mass is 127. The Morgan fingerprint density at radius 1 is 1.19 bits per heavy atom. The first-order valence-corrected chi connectivity index (χ1v) is 10.2. The maximum absolute atomic E-state index is 12.8. The van der Waals surface area contributed by atoms with Gasteiger partial charge in [-0.25, -0.2) is 0 Å². The second-order valence-electron chi connectivity index (χ2n) is 7.38. The monoisotopic (exact) mass is 557 g/mol. The number of nitrogens with zero attached hydrogens (tertiary/aromatic N) is 2. The van der Waals surface area contributed by atoms with Gasteiger partial charge in [0.15, 0.2) is 5.96 Å². The summed E-state index contributed by atoms with van der Waals surface area (Å²) in [6, 6.07) is 15.1. The standard InChI is InChI=1S/C24H26F3N3O.HI/c1-28-23(29-13-6-10-19-9-5-11-22(15-19)24(25,26)27)30-14-12-21(16-30)18-31-17-20-7-3-2-4-8-20;/h2-5,7-9,11,15,21H,12-14,16-18H2,1H3,(H,28,29);1H. The molecular formula is C24H27F3IN3O. The van der Waals surface area contributed by atoms with Gasteiger partial charge >= 0.3 is 6.18 Å². The van der Waals surface area contributed by atoms with Gasteiger partial charge in [-0.3, -0.25) is 4.99 Å². The number of halogens is 4. The van der Waals surface area contributed by atoms with Crippen LogP contribution >= 0.6 is 24.0 Å². The number of benzene rings is 2. The quantitative estimate of drug-likeness (QED) is 0.249. The second-order valence-corrected chi connectivity index (χ2v) is 7.38. The molecule has 3 rings (SSSR count). The Hall–Kier alpha value is -2.25. The van der Waals surface area contributed by atoms with E-state index in [1.165, 1.54) is 6.07 Å². The van der Waals surface area contributed by atoms with Crippen molar-refractivity contribution in [1.29, 1.82) is 0 Å². The molecule has 1 saturated heterocycles. The molecule has 8 heteroatoms. The molecule has 1 fully saturated rings. The fourth-order valence-corrected chi connectivity index (χ4v) is 3.45. The minimum atomic E-state index is -4.37. The predicted molar refractivity (Wildman–Crippen MR) is 131 cm³/mol. The van der Waals surface area contributed by atoms with Gasteiger partial charge in [-0.2, -0.15) is 13.2 Å². The van der Waals surface area contributed by atoms with Gasteiger partial charge in [0.05, 0.1) is 25.3 Å². The largest absolute Gasteiger partial charge is 0.416 e. The zero-order chi connectivity index (χ0) is 22.1. The fraction of sp³-hybridized carbons (Fsp3) is 0.375. The van der Waals surface area contributed by atoms with E-state index in [9.17, 15) is 13.2 Å². The van der Waals surface area contributed by atoms with E-state index in [-0.39, 0.29) is 24.0 Å². The van der Waals surface area contributed by atoms with Crippen LogP contribution in [0.2, 0.25) is 0 Å². The van der Waals surface area contributed by atoms with Crippen LogP contribution in [-0.4, -0.2) is 44.1 Å². The van der Waals surface area contributed by atoms with E-state index in [0.717, 1.165) is 43.2 Å². The molecule has 0 aromatic heterocycles. The highest BCUT2D eigenvalue weighted by Crippen LogP contribution is 2.29. The lowest BCUT2D eigenvalue weighted by atomic mass is 10.1. The third-order valence-corrected chi connectivity index (χ3v) is 5.02. The van der Waals surface area contributed by atoms with E-state index < -0.39 is 11.7 Å². The normalized spacial score (nSPS) is 16.2. The van der Waals surface area contributed by atoms with Crippen molar-refractivity contribution in [2.45, 2.75) is 19.2 Å². The number of alkyl halides is 3. The highest BCUT2D eigenvalue weighted by Gasteiger charge is 2.30. The molecule has 1 aliphatic heterocycles. The third kappa shape index (κ3) is 8.02. The molecule has 1 heterocycles. The number of aliphatic imine (C=N–C) groups is 1. The maximum Gasteiger partial charge on any atom is 0.416 e. The topological polar surface area (TPSA) is 36.9 Å². The first-order valence-electron chi connectivity index (χ1n) is 10.2. The number of likely N-dealkylation sites (tertiary alicyclic amines) is 1. The molecule has 1 N–H and O–H groups in total. The zero-order valence-corrected chi connectivity index (χ0v) is 20.2. The van der Waals surface area contributed by atoms with Gasteiger partial charge in [-0.15, -0.1) is 24.0 Å². The van der Waals surface area contributed by atoms with Gasteiger partial charge in [0.2, 0.25) is 0 Å². The van der Waals surface area contributed by atoms with Crippen molar-refractivity contribution in [1.82, 2.24) is 10.2 Å². The Labute approximate surface area is 204 Å². The smallest absolute Gasteiger partial charge is 0.376 e. The lowest BCUT2D eigenvalue weighted by molar-refractivity contribution is -0.137. The van der Waals surface area contributed by atoms with Crippen LogP contribution in [-0.2, 0) is 17.5 Å². The van der Waals surface area contributed by atoms with Crippen LogP contribution in [0.4, 0.5) is 13.2 Å². The summed E-state index contributed by atoms with van der Waals surface area (Å²) >= 11 is 0. The summed E-state index contributed by atoms with van der Waals surface area (Å²) in [6.45, 7) is 3.32. The number of nitrogens with one attached hydrogen (secondary N) is 1. The summed E-state index contributed by atoms with van der Waals surface area (Å²) in [5.74, 6) is 6.81. The first kappa shape index (κ1) is 26.0. The second kappa shape index (κ2) is 12.7. The molecule has 0 spiro atoms. The van der Waals surface area contributed by atoms with Gasteiger partial charge in [0, 0.05) is 31.6 Å². The molecule has 0 aliphatic carbocycles. The summed E-state index contributed by atoms with van der Waals surface area (Å²) in [4.78, 5) is 6.45. The summed E-state index contributed by atoms with van der Waals surface area (Å²) in [7, 11) is 1.71. The van der Waals surface area contributed by atoms with Gasteiger partial charge in [0.1, 0.15) is 0 Å². The van der Waals surface area contributed by atoms with Crippen molar-refractivity contribution in [3.63, 3.8) is 0 Å². The van der Waals surface area contributed by atoms with Crippen molar-refractivity contribution >= 4 is 29.9 Å². The Kier molecular flexibility index (Phi) is 10.3. The molecule has 0 bridgehead atoms. The lowest BCUT2D eigenvalue weighted by Crippen LogP contribution is -2.40. The van der Waals surface area contributed by atoms with E-state index in [1.807, 2.05) is 30.3 Å². The molecule has 0 radical (unpaired) electrons. The SMILES string of the molecule is CN=C(NCC#Cc1cccc(C(F)(F)F)c1)N1CCC(COCc2ccccc2)C1.I. The number of ether oxygens (including phenoxy) is 1. The Morgan fingerprint density at radius 2 is 1.97 bits per heavy atom. The van der Waals surface area contributed by atoms with Crippen LogP contribution in [0.5, 0.6) is 0 Å². The summed E-state index contributed by atoms with van der Waals surface area (Å²) in [6.07, 6.45) is -3.35. The molecule has 1 aliphatic rings. The van der Waals surface area contributed by atoms with Gasteiger partial charge in [-0.1, -0.05) is 48.2 Å². The molecule has 2 aromatic carbocycles. The molecule has 172 valence electrons. The van der Waals surface area contributed by atoms with E-state index in [1.54, 1.807) is 13.1 Å². The number of hydrogen-bond acceptors (Lipinski definition) is 2. The fourth-order valence-electron chi connectivity index (χ4n) is 3.45. The molecule has 1 atom stereocenters. The highest BCUT2D eigenvalue weighted by molar-refractivity contribution is 14.0. The van der Waals surface area contributed by atoms with E-state index in [2.05, 4.69) is 27.0 Å². The number of rotatable bonds is 5. The van der Waals surface area contributed by atoms with Crippen LogP contribution in [0.1, 0.15) is 23.1 Å². The maximum atomic E-state index is 12.8. The van der Waals surface area contributed by atoms with Crippen molar-refractivity contribution in [2.75, 3.05) is 33.3 Å². The average molecular weight is 557 g/mol. The van der Waals surface area contributed by atoms with Crippen molar-refractivity contribution < 1.29 is 17.9 Å². The Morgan fingerprint density at radius 3 is 2.69 bits per heavy atom. The molecule has 32 heavy (non-hydrogen) atoms. The van der Waals surface area contributed by atoms with Crippen molar-refractivity contribution in [2.24, 2.45) is 10.9 Å². The van der Waals surface area contributed by atoms with E-state index in [4.69, 9.17) is 4.74 Å². The van der Waals surface area contributed by atoms with Crippen LogP contribution in [0.15, 0.2) is 59.6 Å². The van der Waals surface area contributed by atoms with Crippen molar-refractivity contribution in [3.05, 3.63) is 71.3 Å². The Bertz CT molecular complexity index is 939. The number of hydrogen-bond donors (Lipinski definition) is 1. The number of guanidine groups is 1. The van der Waals surface area contributed by atoms with Gasteiger partial charge in [-0.05, 0) is 30.2 Å². The van der Waals surface area contributed by atoms with Gasteiger partial charge < -0.3 is 15.0 Å². The van der Waals surface area contributed by atoms with Crippen LogP contribution < -0.4 is 5.32 Å². The molecule has 4 nitrogen and oxygen atoms in total. The minimum absolute atomic E-state index is 0. The van der Waals surface area contributed by atoms with E-state index in [0.29, 0.717) is 31.2 Å². The molecule has 1 unspecified atom stereocenters. The summed E-state index contributed by atoms with van der Waals surface area (Å²) in [5, 5.41) is 3.17. The minimum Gasteiger partial charge on any atom is -0.376 e. The summed E-state index contributed by atoms with van der Waals surface area (Å²) < 4.78 is 44.2. The third-order valence-electron chi connectivity index (χ3n) is 5.02. The van der Waals surface area contributed by atoms with Crippen LogP contribution in [0.25, 0.3) is 0 Å². The van der Waals surface area contributed by atoms with Crippen LogP contribution in [0, 0.1) is 17.8 Å². The summed E-state index contributed by atoms with van der Waals surface area (Å²) in [5.41, 5.74) is 0.804. The Balaban J connectivity index is 0.00000363. The first-order chi connectivity index (χ1) is 15.0.